The van der Waals surface area contributed by atoms with E-state index < -0.39 is 22.2 Å². The molecule has 10 heteroatoms. The van der Waals surface area contributed by atoms with Gasteiger partial charge in [0.2, 0.25) is 5.91 Å². The van der Waals surface area contributed by atoms with Gasteiger partial charge in [0.05, 0.1) is 17.5 Å². The number of carbonyl (C=O) groups is 2. The van der Waals surface area contributed by atoms with Crippen LogP contribution in [0.15, 0.2) is 59.6 Å². The Morgan fingerprint density at radius 3 is 2.45 bits per heavy atom. The highest BCUT2D eigenvalue weighted by Crippen LogP contribution is 2.23. The molecule has 0 saturated heterocycles. The van der Waals surface area contributed by atoms with E-state index in [-0.39, 0.29) is 16.6 Å². The number of sulfonamides is 1. The van der Waals surface area contributed by atoms with Crippen molar-refractivity contribution in [2.45, 2.75) is 17.9 Å². The molecule has 0 aliphatic heterocycles. The molecule has 3 aromatic rings. The second-order valence-corrected chi connectivity index (χ2v) is 7.86. The topological polar surface area (TPSA) is 106 Å². The van der Waals surface area contributed by atoms with Gasteiger partial charge < -0.3 is 14.6 Å². The summed E-state index contributed by atoms with van der Waals surface area (Å²) in [5, 5.41) is 3.10. The molecule has 0 fully saturated rings. The second-order valence-electron chi connectivity index (χ2n) is 6.18. The minimum absolute atomic E-state index is 0.166. The van der Waals surface area contributed by atoms with Gasteiger partial charge in [0.25, 0.3) is 10.0 Å². The number of benzene rings is 2. The van der Waals surface area contributed by atoms with Crippen molar-refractivity contribution in [2.24, 2.45) is 0 Å². The van der Waals surface area contributed by atoms with Crippen LogP contribution in [-0.4, -0.2) is 32.1 Å². The summed E-state index contributed by atoms with van der Waals surface area (Å²) in [5.41, 5.74) is 0.949. The van der Waals surface area contributed by atoms with E-state index in [2.05, 4.69) is 10.1 Å². The standard InChI is InChI=1S/C19H18FN3O5S/c1-12(23-11-10-15-16(20)4-3-5-17(15)23)18(24)21-13-6-8-14(9-7-13)29(26,27)22-19(25)28-2/h3-12H,1-2H3,(H,21,24)(H,22,25)/t12-/m0/s1. The SMILES string of the molecule is COC(=O)NS(=O)(=O)c1ccc(NC(=O)[C@H](C)n2ccc3c(F)cccc32)cc1. The maximum atomic E-state index is 13.8. The van der Waals surface area contributed by atoms with Crippen LogP contribution in [0.4, 0.5) is 14.9 Å². The number of hydrogen-bond acceptors (Lipinski definition) is 5. The zero-order valence-corrected chi connectivity index (χ0v) is 16.4. The largest absolute Gasteiger partial charge is 0.452 e. The number of ether oxygens (including phenoxy) is 1. The Morgan fingerprint density at radius 2 is 1.79 bits per heavy atom. The van der Waals surface area contributed by atoms with Gasteiger partial charge in [0.15, 0.2) is 0 Å². The molecule has 2 amide bonds. The van der Waals surface area contributed by atoms with Crippen molar-refractivity contribution < 1.29 is 27.1 Å². The number of anilines is 1. The molecule has 2 N–H and O–H groups in total. The maximum absolute atomic E-state index is 13.8. The molecule has 152 valence electrons. The van der Waals surface area contributed by atoms with Crippen LogP contribution in [0.1, 0.15) is 13.0 Å². The summed E-state index contributed by atoms with van der Waals surface area (Å²) >= 11 is 0. The predicted molar refractivity (Wildman–Crippen MR) is 104 cm³/mol. The molecule has 1 heterocycles. The third kappa shape index (κ3) is 4.21. The fourth-order valence-electron chi connectivity index (χ4n) is 2.79. The number of nitrogens with one attached hydrogen (secondary N) is 2. The third-order valence-corrected chi connectivity index (χ3v) is 5.67. The average molecular weight is 419 g/mol. The van der Waals surface area contributed by atoms with Crippen LogP contribution in [0.5, 0.6) is 0 Å². The molecule has 3 rings (SSSR count). The lowest BCUT2D eigenvalue weighted by Crippen LogP contribution is -2.30. The Balaban J connectivity index is 1.75. The molecule has 2 aromatic carbocycles. The third-order valence-electron chi connectivity index (χ3n) is 4.34. The highest BCUT2D eigenvalue weighted by atomic mass is 32.2. The minimum Gasteiger partial charge on any atom is -0.452 e. The van der Waals surface area contributed by atoms with Crippen LogP contribution in [0.2, 0.25) is 0 Å². The van der Waals surface area contributed by atoms with Crippen molar-refractivity contribution in [2.75, 3.05) is 12.4 Å². The van der Waals surface area contributed by atoms with Crippen molar-refractivity contribution in [3.05, 3.63) is 60.5 Å². The Labute approximate surface area is 166 Å². The Bertz CT molecular complexity index is 1170. The molecule has 0 aliphatic carbocycles. The van der Waals surface area contributed by atoms with Gasteiger partial charge in [-0.2, -0.15) is 0 Å². The molecule has 29 heavy (non-hydrogen) atoms. The molecule has 0 spiro atoms. The summed E-state index contributed by atoms with van der Waals surface area (Å²) in [6.45, 7) is 1.67. The van der Waals surface area contributed by atoms with E-state index in [0.717, 1.165) is 7.11 Å². The van der Waals surface area contributed by atoms with Gasteiger partial charge in [0, 0.05) is 17.3 Å². The number of amides is 2. The quantitative estimate of drug-likeness (QED) is 0.661. The summed E-state index contributed by atoms with van der Waals surface area (Å²) in [5.74, 6) is -0.735. The Morgan fingerprint density at radius 1 is 1.10 bits per heavy atom. The number of rotatable bonds is 5. The summed E-state index contributed by atoms with van der Waals surface area (Å²) in [6.07, 6.45) is 0.526. The van der Waals surface area contributed by atoms with Crippen LogP contribution < -0.4 is 10.0 Å². The number of fused-ring (bicyclic) bond motifs is 1. The van der Waals surface area contributed by atoms with Crippen molar-refractivity contribution in [3.63, 3.8) is 0 Å². The van der Waals surface area contributed by atoms with Crippen molar-refractivity contribution in [3.8, 4) is 0 Å². The molecular formula is C19H18FN3O5S. The van der Waals surface area contributed by atoms with Crippen molar-refractivity contribution >= 4 is 38.6 Å². The van der Waals surface area contributed by atoms with Gasteiger partial charge in [-0.15, -0.1) is 0 Å². The van der Waals surface area contributed by atoms with Crippen LogP contribution in [-0.2, 0) is 19.6 Å². The number of halogens is 1. The first kappa shape index (κ1) is 20.3. The molecular weight excluding hydrogens is 401 g/mol. The second kappa shape index (κ2) is 7.92. The van der Waals surface area contributed by atoms with Crippen LogP contribution in [0.3, 0.4) is 0 Å². The van der Waals surface area contributed by atoms with Crippen molar-refractivity contribution in [1.29, 1.82) is 0 Å². The number of nitrogens with zero attached hydrogens (tertiary/aromatic N) is 1. The number of carbonyl (C=O) groups excluding carboxylic acids is 2. The highest BCUT2D eigenvalue weighted by Gasteiger charge is 2.20. The summed E-state index contributed by atoms with van der Waals surface area (Å²) in [4.78, 5) is 23.5. The minimum atomic E-state index is -4.07. The van der Waals surface area contributed by atoms with E-state index in [1.807, 2.05) is 0 Å². The monoisotopic (exact) mass is 419 g/mol. The molecule has 0 saturated carbocycles. The lowest BCUT2D eigenvalue weighted by Gasteiger charge is -2.16. The van der Waals surface area contributed by atoms with E-state index in [1.54, 1.807) is 40.6 Å². The first-order valence-electron chi connectivity index (χ1n) is 8.49. The van der Waals surface area contributed by atoms with E-state index >= 15 is 0 Å². The van der Waals surface area contributed by atoms with Gasteiger partial charge >= 0.3 is 6.09 Å². The summed E-state index contributed by atoms with van der Waals surface area (Å²) < 4.78 is 45.5. The molecule has 8 nitrogen and oxygen atoms in total. The zero-order chi connectivity index (χ0) is 21.2. The average Bonchev–Trinajstić information content (AvgIpc) is 3.12. The lowest BCUT2D eigenvalue weighted by molar-refractivity contribution is -0.118. The van der Waals surface area contributed by atoms with Crippen LogP contribution in [0.25, 0.3) is 10.9 Å². The molecule has 0 aliphatic rings. The van der Waals surface area contributed by atoms with Gasteiger partial charge in [-0.3, -0.25) is 4.79 Å². The van der Waals surface area contributed by atoms with E-state index in [9.17, 15) is 22.4 Å². The first-order chi connectivity index (χ1) is 13.7. The van der Waals surface area contributed by atoms with E-state index in [4.69, 9.17) is 0 Å². The van der Waals surface area contributed by atoms with Crippen molar-refractivity contribution in [1.82, 2.24) is 9.29 Å². The predicted octanol–water partition coefficient (Wildman–Crippen LogP) is 3.02. The first-order valence-corrected chi connectivity index (χ1v) is 9.98. The molecule has 0 radical (unpaired) electrons. The lowest BCUT2D eigenvalue weighted by atomic mass is 10.2. The number of hydrogen-bond donors (Lipinski definition) is 2. The molecule has 0 bridgehead atoms. The maximum Gasteiger partial charge on any atom is 0.420 e. The molecule has 1 aromatic heterocycles. The van der Waals surface area contributed by atoms with E-state index in [1.165, 1.54) is 30.3 Å². The Kier molecular flexibility index (Phi) is 5.55. The fraction of sp³-hybridized carbons (Fsp3) is 0.158. The molecule has 1 atom stereocenters. The van der Waals surface area contributed by atoms with Crippen LogP contribution >= 0.6 is 0 Å². The molecule has 0 unspecified atom stereocenters. The number of aromatic nitrogens is 1. The fourth-order valence-corrected chi connectivity index (χ4v) is 3.70. The van der Waals surface area contributed by atoms with Crippen LogP contribution in [0, 0.1) is 5.82 Å². The van der Waals surface area contributed by atoms with Gasteiger partial charge in [-0.1, -0.05) is 6.07 Å². The normalized spacial score (nSPS) is 12.4. The Hall–Kier alpha value is -3.40. The van der Waals surface area contributed by atoms with Gasteiger partial charge in [0.1, 0.15) is 11.9 Å². The smallest absolute Gasteiger partial charge is 0.420 e. The van der Waals surface area contributed by atoms with Gasteiger partial charge in [-0.05, 0) is 49.4 Å². The van der Waals surface area contributed by atoms with Gasteiger partial charge in [-0.25, -0.2) is 22.3 Å². The number of methoxy groups -OCH3 is 1. The van der Waals surface area contributed by atoms with E-state index in [0.29, 0.717) is 16.6 Å². The summed E-state index contributed by atoms with van der Waals surface area (Å²) in [7, 11) is -3.03. The highest BCUT2D eigenvalue weighted by molar-refractivity contribution is 7.90. The zero-order valence-electron chi connectivity index (χ0n) is 15.5. The summed E-state index contributed by atoms with van der Waals surface area (Å²) in [6, 6.07) is 10.9.